The minimum Gasteiger partial charge on any atom is -0.481 e. The SMILES string of the molecule is C[C@H](CCC(=O)O)[C@H]1CC[C@H]2[C@@H]3[C@H](O)C[C@@H]4C[C@H](O)CC(OCc5ccccc5)(OCc5ccccc5)[C@]4(C)[C@H]3C(N)[C@@](O)(C=O)[C@]12C. The number of hydrogen-bond acceptors (Lipinski definition) is 8. The molecule has 4 aliphatic rings. The van der Waals surface area contributed by atoms with Crippen LogP contribution in [0.3, 0.4) is 0 Å². The van der Waals surface area contributed by atoms with Gasteiger partial charge in [0.2, 0.25) is 0 Å². The molecule has 1 unspecified atom stereocenters. The van der Waals surface area contributed by atoms with E-state index in [2.05, 4.69) is 6.92 Å². The summed E-state index contributed by atoms with van der Waals surface area (Å²) in [6.07, 6.45) is 1.84. The highest BCUT2D eigenvalue weighted by Crippen LogP contribution is 2.72. The van der Waals surface area contributed by atoms with E-state index in [0.29, 0.717) is 38.4 Å². The number of fused-ring (bicyclic) bond motifs is 5. The third-order valence-electron chi connectivity index (χ3n) is 13.7. The summed E-state index contributed by atoms with van der Waals surface area (Å²) in [7, 11) is 0. The standard InChI is InChI=1S/C39H53NO8/c1-24(14-17-32(44)45)29-15-16-30-33-31(43)19-27-18-28(42)20-39(47-21-25-10-6-4-7-11-25,48-22-26-12-8-5-9-13-26)36(27,2)34(33)35(40)38(46,23-41)37(29,30)3/h4-13,23-24,27-31,33-35,42-43,46H,14-22,40H2,1-3H3,(H,44,45)/t24-,27+,28+,29-,30+,31-,33-,34-,35?,36+,37-,38+/m1/s1. The Hall–Kier alpha value is -2.66. The van der Waals surface area contributed by atoms with Crippen LogP contribution < -0.4 is 5.73 Å². The van der Waals surface area contributed by atoms with E-state index in [1.165, 1.54) is 0 Å². The zero-order chi connectivity index (χ0) is 34.5. The Balaban J connectivity index is 1.46. The van der Waals surface area contributed by atoms with E-state index < -0.39 is 52.4 Å². The lowest BCUT2D eigenvalue weighted by atomic mass is 9.38. The third-order valence-corrected chi connectivity index (χ3v) is 13.7. The fourth-order valence-corrected chi connectivity index (χ4v) is 11.3. The Morgan fingerprint density at radius 1 is 0.958 bits per heavy atom. The summed E-state index contributed by atoms with van der Waals surface area (Å²) >= 11 is 0. The Kier molecular flexibility index (Phi) is 9.70. The lowest BCUT2D eigenvalue weighted by molar-refractivity contribution is -0.383. The molecule has 9 heteroatoms. The number of aldehydes is 1. The van der Waals surface area contributed by atoms with Crippen LogP contribution in [0.15, 0.2) is 60.7 Å². The Morgan fingerprint density at radius 2 is 1.54 bits per heavy atom. The average molecular weight is 664 g/mol. The number of aliphatic carboxylic acids is 1. The van der Waals surface area contributed by atoms with E-state index >= 15 is 0 Å². The summed E-state index contributed by atoms with van der Waals surface area (Å²) in [6.45, 7) is 6.44. The van der Waals surface area contributed by atoms with Crippen molar-refractivity contribution >= 4 is 12.3 Å². The highest BCUT2D eigenvalue weighted by atomic mass is 16.7. The molecule has 4 aliphatic carbocycles. The largest absolute Gasteiger partial charge is 0.481 e. The first-order chi connectivity index (χ1) is 22.8. The van der Waals surface area contributed by atoms with Crippen molar-refractivity contribution in [3.8, 4) is 0 Å². The van der Waals surface area contributed by atoms with Crippen molar-refractivity contribution in [2.45, 2.75) is 109 Å². The molecule has 12 atom stereocenters. The van der Waals surface area contributed by atoms with Crippen LogP contribution in [-0.2, 0) is 32.3 Å². The maximum atomic E-state index is 13.3. The van der Waals surface area contributed by atoms with Gasteiger partial charge in [0.1, 0.15) is 5.60 Å². The Morgan fingerprint density at radius 3 is 2.08 bits per heavy atom. The lowest BCUT2D eigenvalue weighted by Crippen LogP contribution is -2.79. The number of benzene rings is 2. The van der Waals surface area contributed by atoms with E-state index in [4.69, 9.17) is 15.2 Å². The molecule has 0 amide bonds. The van der Waals surface area contributed by atoms with Gasteiger partial charge in [0.15, 0.2) is 12.1 Å². The van der Waals surface area contributed by atoms with Gasteiger partial charge in [-0.25, -0.2) is 0 Å². The topological polar surface area (TPSA) is 160 Å². The Labute approximate surface area is 283 Å². The lowest BCUT2D eigenvalue weighted by Gasteiger charge is -2.70. The molecular weight excluding hydrogens is 610 g/mol. The Bertz CT molecular complexity index is 1400. The molecule has 9 nitrogen and oxygen atoms in total. The summed E-state index contributed by atoms with van der Waals surface area (Å²) < 4.78 is 13.9. The number of nitrogens with two attached hydrogens (primary N) is 1. The quantitative estimate of drug-likeness (QED) is 0.170. The number of ether oxygens (including phenoxy) is 2. The van der Waals surface area contributed by atoms with Gasteiger partial charge in [0.25, 0.3) is 0 Å². The summed E-state index contributed by atoms with van der Waals surface area (Å²) in [5.41, 5.74) is 5.29. The first-order valence-electron chi connectivity index (χ1n) is 17.7. The van der Waals surface area contributed by atoms with E-state index in [0.717, 1.165) is 11.1 Å². The van der Waals surface area contributed by atoms with Gasteiger partial charge in [0.05, 0.1) is 25.4 Å². The van der Waals surface area contributed by atoms with Gasteiger partial charge < -0.3 is 40.4 Å². The van der Waals surface area contributed by atoms with Crippen LogP contribution in [0.4, 0.5) is 0 Å². The van der Waals surface area contributed by atoms with Crippen molar-refractivity contribution in [2.75, 3.05) is 0 Å². The van der Waals surface area contributed by atoms with Gasteiger partial charge in [-0.3, -0.25) is 4.79 Å². The van der Waals surface area contributed by atoms with Crippen molar-refractivity contribution in [1.29, 1.82) is 0 Å². The maximum Gasteiger partial charge on any atom is 0.303 e. The number of carbonyl (C=O) groups excluding carboxylic acids is 1. The van der Waals surface area contributed by atoms with Gasteiger partial charge >= 0.3 is 5.97 Å². The molecule has 0 saturated heterocycles. The average Bonchev–Trinajstić information content (AvgIpc) is 3.44. The molecular formula is C39H53NO8. The molecule has 0 spiro atoms. The highest BCUT2D eigenvalue weighted by Gasteiger charge is 2.77. The molecule has 2 aromatic rings. The molecule has 0 radical (unpaired) electrons. The molecule has 6 N–H and O–H groups in total. The number of carboxylic acid groups (broad SMARTS) is 1. The van der Waals surface area contributed by atoms with E-state index in [1.54, 1.807) is 0 Å². The smallest absolute Gasteiger partial charge is 0.303 e. The van der Waals surface area contributed by atoms with Gasteiger partial charge in [0, 0.05) is 29.7 Å². The van der Waals surface area contributed by atoms with Crippen LogP contribution >= 0.6 is 0 Å². The van der Waals surface area contributed by atoms with Crippen molar-refractivity contribution in [2.24, 2.45) is 52.1 Å². The summed E-state index contributed by atoms with van der Waals surface area (Å²) in [5, 5.41) is 45.7. The maximum absolute atomic E-state index is 13.3. The fraction of sp³-hybridized carbons (Fsp3) is 0.641. The molecule has 6 rings (SSSR count). The van der Waals surface area contributed by atoms with E-state index in [9.17, 15) is 30.0 Å². The van der Waals surface area contributed by atoms with Crippen molar-refractivity contribution in [1.82, 2.24) is 0 Å². The number of rotatable bonds is 11. The number of carboxylic acids is 1. The van der Waals surface area contributed by atoms with Gasteiger partial charge in [-0.05, 0) is 78.7 Å². The molecule has 262 valence electrons. The van der Waals surface area contributed by atoms with Crippen molar-refractivity contribution < 1.29 is 39.5 Å². The second-order valence-corrected chi connectivity index (χ2v) is 15.7. The molecule has 0 heterocycles. The van der Waals surface area contributed by atoms with E-state index in [1.807, 2.05) is 74.5 Å². The molecule has 2 aromatic carbocycles. The normalized spacial score (nSPS) is 40.6. The van der Waals surface area contributed by atoms with Gasteiger partial charge in [-0.2, -0.15) is 0 Å². The van der Waals surface area contributed by atoms with E-state index in [-0.39, 0.29) is 55.6 Å². The zero-order valence-corrected chi connectivity index (χ0v) is 28.4. The minimum absolute atomic E-state index is 0.000761. The number of aliphatic hydroxyl groups is 3. The summed E-state index contributed by atoms with van der Waals surface area (Å²) in [5.74, 6) is -3.99. The highest BCUT2D eigenvalue weighted by molar-refractivity contribution is 5.67. The molecule has 4 saturated carbocycles. The van der Waals surface area contributed by atoms with Crippen molar-refractivity contribution in [3.05, 3.63) is 71.8 Å². The van der Waals surface area contributed by atoms with Crippen LogP contribution in [-0.4, -0.2) is 62.3 Å². The number of carbonyl (C=O) groups is 2. The van der Waals surface area contributed by atoms with Crippen LogP contribution in [0.25, 0.3) is 0 Å². The van der Waals surface area contributed by atoms with Crippen molar-refractivity contribution in [3.63, 3.8) is 0 Å². The summed E-state index contributed by atoms with van der Waals surface area (Å²) in [4.78, 5) is 24.8. The molecule has 0 bridgehead atoms. The predicted octanol–water partition coefficient (Wildman–Crippen LogP) is 4.69. The van der Waals surface area contributed by atoms with Crippen LogP contribution in [0.1, 0.15) is 76.8 Å². The fourth-order valence-electron chi connectivity index (χ4n) is 11.3. The van der Waals surface area contributed by atoms with Gasteiger partial charge in [-0.15, -0.1) is 0 Å². The number of aliphatic hydroxyl groups excluding tert-OH is 2. The summed E-state index contributed by atoms with van der Waals surface area (Å²) in [6, 6.07) is 18.5. The molecule has 4 fully saturated rings. The first-order valence-corrected chi connectivity index (χ1v) is 17.7. The predicted molar refractivity (Wildman–Crippen MR) is 179 cm³/mol. The second kappa shape index (κ2) is 13.2. The molecule has 0 aromatic heterocycles. The molecule has 48 heavy (non-hydrogen) atoms. The monoisotopic (exact) mass is 663 g/mol. The minimum atomic E-state index is -1.96. The third kappa shape index (κ3) is 5.46. The van der Waals surface area contributed by atoms with Crippen LogP contribution in [0.5, 0.6) is 0 Å². The van der Waals surface area contributed by atoms with Crippen LogP contribution in [0, 0.1) is 46.3 Å². The molecule has 0 aliphatic heterocycles. The second-order valence-electron chi connectivity index (χ2n) is 15.7. The van der Waals surface area contributed by atoms with Crippen LogP contribution in [0.2, 0.25) is 0 Å². The zero-order valence-electron chi connectivity index (χ0n) is 28.4. The first kappa shape index (κ1) is 35.2. The number of hydrogen-bond donors (Lipinski definition) is 5. The van der Waals surface area contributed by atoms with Gasteiger partial charge in [-0.1, -0.05) is 81.4 Å².